The fraction of sp³-hybridized carbons (Fsp3) is 0.250. The van der Waals surface area contributed by atoms with Crippen molar-refractivity contribution in [1.29, 1.82) is 0 Å². The average Bonchev–Trinajstić information content (AvgIpc) is 2.12. The number of alkyl halides is 1. The topological polar surface area (TPSA) is 26.0 Å². The number of benzene rings is 1. The second-order valence-electron chi connectivity index (χ2n) is 2.52. The summed E-state index contributed by atoms with van der Waals surface area (Å²) < 4.78 is 37.8. The standard InChI is InChI=1S/C8H7ClF3N.ClH/c9-8-5(12)2-1-4(11)7(8)6(13)3-10;/h1-2,6H,3,13H2;1H/t6-;/m0./s1. The van der Waals surface area contributed by atoms with Crippen LogP contribution in [0.4, 0.5) is 13.2 Å². The molecule has 80 valence electrons. The summed E-state index contributed by atoms with van der Waals surface area (Å²) in [6.45, 7) is -0.986. The molecule has 0 aliphatic rings. The molecule has 0 unspecified atom stereocenters. The number of nitrogens with two attached hydrogens (primary N) is 1. The van der Waals surface area contributed by atoms with E-state index in [9.17, 15) is 13.2 Å². The first-order chi connectivity index (χ1) is 6.07. The minimum atomic E-state index is -1.22. The molecule has 6 heteroatoms. The van der Waals surface area contributed by atoms with Gasteiger partial charge in [0.25, 0.3) is 0 Å². The maximum absolute atomic E-state index is 13.0. The molecule has 0 aliphatic heterocycles. The van der Waals surface area contributed by atoms with Crippen LogP contribution in [0.1, 0.15) is 11.6 Å². The van der Waals surface area contributed by atoms with E-state index in [-0.39, 0.29) is 18.0 Å². The van der Waals surface area contributed by atoms with E-state index < -0.39 is 29.4 Å². The summed E-state index contributed by atoms with van der Waals surface area (Å²) in [6, 6.07) is 0.515. The molecule has 0 aliphatic carbocycles. The van der Waals surface area contributed by atoms with Gasteiger partial charge in [-0.3, -0.25) is 0 Å². The summed E-state index contributed by atoms with van der Waals surface area (Å²) in [5, 5.41) is -0.454. The monoisotopic (exact) mass is 245 g/mol. The van der Waals surface area contributed by atoms with Crippen LogP contribution in [0, 0.1) is 11.6 Å². The maximum atomic E-state index is 13.0. The molecule has 0 saturated carbocycles. The zero-order valence-corrected chi connectivity index (χ0v) is 8.51. The second-order valence-corrected chi connectivity index (χ2v) is 2.90. The number of hydrogen-bond donors (Lipinski definition) is 1. The van der Waals surface area contributed by atoms with E-state index in [1.165, 1.54) is 0 Å². The van der Waals surface area contributed by atoms with Gasteiger partial charge in [-0.25, -0.2) is 13.2 Å². The minimum Gasteiger partial charge on any atom is -0.322 e. The Kier molecular flexibility index (Phi) is 5.26. The molecule has 1 aromatic carbocycles. The first-order valence-electron chi connectivity index (χ1n) is 3.53. The van der Waals surface area contributed by atoms with E-state index in [4.69, 9.17) is 17.3 Å². The Labute approximate surface area is 90.5 Å². The average molecular weight is 246 g/mol. The van der Waals surface area contributed by atoms with E-state index >= 15 is 0 Å². The highest BCUT2D eigenvalue weighted by molar-refractivity contribution is 6.31. The summed E-state index contributed by atoms with van der Waals surface area (Å²) in [5.41, 5.74) is 4.88. The third-order valence-corrected chi connectivity index (χ3v) is 2.00. The van der Waals surface area contributed by atoms with Crippen molar-refractivity contribution in [3.05, 3.63) is 34.4 Å². The van der Waals surface area contributed by atoms with Crippen LogP contribution >= 0.6 is 24.0 Å². The zero-order chi connectivity index (χ0) is 10.0. The molecule has 0 spiro atoms. The van der Waals surface area contributed by atoms with E-state index in [0.717, 1.165) is 12.1 Å². The van der Waals surface area contributed by atoms with Gasteiger partial charge >= 0.3 is 0 Å². The highest BCUT2D eigenvalue weighted by Crippen LogP contribution is 2.27. The summed E-state index contributed by atoms with van der Waals surface area (Å²) in [6.07, 6.45) is 0. The molecule has 0 radical (unpaired) electrons. The molecule has 0 saturated heterocycles. The van der Waals surface area contributed by atoms with Gasteiger partial charge in [-0.05, 0) is 12.1 Å². The highest BCUT2D eigenvalue weighted by atomic mass is 35.5. The van der Waals surface area contributed by atoms with Gasteiger partial charge in [0.2, 0.25) is 0 Å². The Hall–Kier alpha value is -0.450. The van der Waals surface area contributed by atoms with Crippen LogP contribution in [0.5, 0.6) is 0 Å². The highest BCUT2D eigenvalue weighted by Gasteiger charge is 2.17. The number of halogens is 5. The van der Waals surface area contributed by atoms with Gasteiger partial charge in [-0.2, -0.15) is 0 Å². The molecule has 0 amide bonds. The molecular weight excluding hydrogens is 238 g/mol. The number of hydrogen-bond acceptors (Lipinski definition) is 1. The molecule has 2 N–H and O–H groups in total. The molecular formula is C8H8Cl2F3N. The smallest absolute Gasteiger partial charge is 0.142 e. The molecule has 1 rings (SSSR count). The first-order valence-corrected chi connectivity index (χ1v) is 3.90. The number of rotatable bonds is 2. The lowest BCUT2D eigenvalue weighted by Crippen LogP contribution is -2.15. The molecule has 0 bridgehead atoms. The van der Waals surface area contributed by atoms with E-state index in [1.807, 2.05) is 0 Å². The zero-order valence-electron chi connectivity index (χ0n) is 6.94. The van der Waals surface area contributed by atoms with Crippen LogP contribution in [0.25, 0.3) is 0 Å². The van der Waals surface area contributed by atoms with Gasteiger partial charge in [0, 0.05) is 5.56 Å². The van der Waals surface area contributed by atoms with Gasteiger partial charge in [-0.1, -0.05) is 11.6 Å². The fourth-order valence-corrected chi connectivity index (χ4v) is 1.25. The fourth-order valence-electron chi connectivity index (χ4n) is 0.960. The van der Waals surface area contributed by atoms with Crippen molar-refractivity contribution < 1.29 is 13.2 Å². The van der Waals surface area contributed by atoms with Crippen LogP contribution in [-0.2, 0) is 0 Å². The normalized spacial score (nSPS) is 12.1. The second kappa shape index (κ2) is 5.44. The van der Waals surface area contributed by atoms with E-state index in [2.05, 4.69) is 0 Å². The third kappa shape index (κ3) is 2.53. The largest absolute Gasteiger partial charge is 0.322 e. The van der Waals surface area contributed by atoms with Crippen molar-refractivity contribution in [3.8, 4) is 0 Å². The molecule has 1 nitrogen and oxygen atoms in total. The lowest BCUT2D eigenvalue weighted by Gasteiger charge is -2.10. The van der Waals surface area contributed by atoms with Crippen molar-refractivity contribution >= 4 is 24.0 Å². The molecule has 1 atom stereocenters. The Bertz CT molecular complexity index is 320. The molecule has 14 heavy (non-hydrogen) atoms. The maximum Gasteiger partial charge on any atom is 0.142 e. The van der Waals surface area contributed by atoms with E-state index in [0.29, 0.717) is 0 Å². The summed E-state index contributed by atoms with van der Waals surface area (Å²) in [7, 11) is 0. The molecule has 0 heterocycles. The van der Waals surface area contributed by atoms with Crippen LogP contribution in [0.15, 0.2) is 12.1 Å². The quantitative estimate of drug-likeness (QED) is 0.797. The van der Waals surface area contributed by atoms with Gasteiger partial charge in [0.15, 0.2) is 0 Å². The lowest BCUT2D eigenvalue weighted by molar-refractivity contribution is 0.425. The van der Waals surface area contributed by atoms with Crippen LogP contribution in [0.2, 0.25) is 5.02 Å². The van der Waals surface area contributed by atoms with Crippen LogP contribution < -0.4 is 5.73 Å². The first kappa shape index (κ1) is 13.5. The van der Waals surface area contributed by atoms with Gasteiger partial charge in [0.05, 0.1) is 11.1 Å². The third-order valence-electron chi connectivity index (χ3n) is 1.62. The summed E-state index contributed by atoms with van der Waals surface area (Å²) in [4.78, 5) is 0. The minimum absolute atomic E-state index is 0. The molecule has 1 aromatic rings. The van der Waals surface area contributed by atoms with Crippen molar-refractivity contribution in [2.24, 2.45) is 5.73 Å². The van der Waals surface area contributed by atoms with Crippen molar-refractivity contribution in [3.63, 3.8) is 0 Å². The summed E-state index contributed by atoms with van der Waals surface area (Å²) >= 11 is 5.41. The van der Waals surface area contributed by atoms with Gasteiger partial charge in [-0.15, -0.1) is 12.4 Å². The van der Waals surface area contributed by atoms with Gasteiger partial charge in [0.1, 0.15) is 18.3 Å². The van der Waals surface area contributed by atoms with E-state index in [1.54, 1.807) is 0 Å². The Morgan fingerprint density at radius 1 is 1.29 bits per heavy atom. The Morgan fingerprint density at radius 3 is 2.29 bits per heavy atom. The Morgan fingerprint density at radius 2 is 1.79 bits per heavy atom. The molecule has 0 fully saturated rings. The van der Waals surface area contributed by atoms with Crippen molar-refractivity contribution in [2.75, 3.05) is 6.67 Å². The Balaban J connectivity index is 0.00000169. The van der Waals surface area contributed by atoms with Gasteiger partial charge < -0.3 is 5.73 Å². The molecule has 0 aromatic heterocycles. The SMILES string of the molecule is Cl.N[C@@H](CF)c1c(F)ccc(F)c1Cl. The summed E-state index contributed by atoms with van der Waals surface area (Å²) in [5.74, 6) is -1.60. The lowest BCUT2D eigenvalue weighted by atomic mass is 10.1. The predicted molar refractivity (Wildman–Crippen MR) is 51.5 cm³/mol. The van der Waals surface area contributed by atoms with Crippen molar-refractivity contribution in [2.45, 2.75) is 6.04 Å². The predicted octanol–water partition coefficient (Wildman–Crippen LogP) is 3.01. The van der Waals surface area contributed by atoms with Crippen LogP contribution in [-0.4, -0.2) is 6.67 Å². The van der Waals surface area contributed by atoms with Crippen LogP contribution in [0.3, 0.4) is 0 Å². The van der Waals surface area contributed by atoms with Crippen molar-refractivity contribution in [1.82, 2.24) is 0 Å².